The highest BCUT2D eigenvalue weighted by atomic mass is 79.9. The summed E-state index contributed by atoms with van der Waals surface area (Å²) in [6.45, 7) is 2.13. The normalized spacial score (nSPS) is 10.7. The maximum atomic E-state index is 12.5. The number of amides is 1. The van der Waals surface area contributed by atoms with Gasteiger partial charge in [-0.3, -0.25) is 9.69 Å². The fraction of sp³-hybridized carbons (Fsp3) is 0.167. The lowest BCUT2D eigenvalue weighted by molar-refractivity contribution is 0.0698. The van der Waals surface area contributed by atoms with Crippen LogP contribution in [-0.4, -0.2) is 42.1 Å². The lowest BCUT2D eigenvalue weighted by Gasteiger charge is -2.17. The quantitative estimate of drug-likeness (QED) is 0.452. The molecular weight excluding hydrogens is 460 g/mol. The summed E-state index contributed by atoms with van der Waals surface area (Å²) in [7, 11) is 2.04. The first-order chi connectivity index (χ1) is 14.9. The van der Waals surface area contributed by atoms with E-state index in [1.54, 1.807) is 36.4 Å². The predicted octanol–water partition coefficient (Wildman–Crippen LogP) is 4.91. The summed E-state index contributed by atoms with van der Waals surface area (Å²) in [5, 5.41) is 12.0. The van der Waals surface area contributed by atoms with E-state index in [0.717, 1.165) is 13.1 Å². The summed E-state index contributed by atoms with van der Waals surface area (Å²) in [6.07, 6.45) is 0. The van der Waals surface area contributed by atoms with Gasteiger partial charge in [0.1, 0.15) is 12.4 Å². The van der Waals surface area contributed by atoms with Crippen LogP contribution >= 0.6 is 15.9 Å². The second-order valence-electron chi connectivity index (χ2n) is 7.05. The summed E-state index contributed by atoms with van der Waals surface area (Å²) in [6, 6.07) is 21.7. The van der Waals surface area contributed by atoms with Gasteiger partial charge in [0.15, 0.2) is 0 Å². The largest absolute Gasteiger partial charge is 0.492 e. The maximum absolute atomic E-state index is 12.5. The van der Waals surface area contributed by atoms with Crippen LogP contribution in [0.1, 0.15) is 26.3 Å². The fourth-order valence-corrected chi connectivity index (χ4v) is 3.35. The van der Waals surface area contributed by atoms with E-state index in [1.807, 2.05) is 25.2 Å². The molecule has 1 amide bonds. The Morgan fingerprint density at radius 3 is 2.42 bits per heavy atom. The molecule has 3 rings (SSSR count). The highest BCUT2D eigenvalue weighted by Gasteiger charge is 2.14. The SMILES string of the molecule is CN(CCOc1ccc(C(=O)Nc2ccc(Br)cc2C(=O)O)cc1)Cc1ccccc1. The minimum atomic E-state index is -1.11. The van der Waals surface area contributed by atoms with Gasteiger partial charge in [-0.05, 0) is 55.1 Å². The second kappa shape index (κ2) is 10.7. The third kappa shape index (κ3) is 6.67. The number of rotatable bonds is 9. The first-order valence-electron chi connectivity index (χ1n) is 9.72. The van der Waals surface area contributed by atoms with Gasteiger partial charge in [-0.15, -0.1) is 0 Å². The number of likely N-dealkylation sites (N-methyl/N-ethyl adjacent to an activating group) is 1. The van der Waals surface area contributed by atoms with E-state index in [0.29, 0.717) is 22.4 Å². The van der Waals surface area contributed by atoms with E-state index >= 15 is 0 Å². The summed E-state index contributed by atoms with van der Waals surface area (Å²) in [4.78, 5) is 26.1. The number of aromatic carboxylic acids is 1. The number of nitrogens with zero attached hydrogens (tertiary/aromatic N) is 1. The Balaban J connectivity index is 1.52. The van der Waals surface area contributed by atoms with Crippen molar-refractivity contribution in [3.63, 3.8) is 0 Å². The third-order valence-corrected chi connectivity index (χ3v) is 5.11. The van der Waals surface area contributed by atoms with Crippen LogP contribution in [-0.2, 0) is 6.54 Å². The Morgan fingerprint density at radius 1 is 1.03 bits per heavy atom. The van der Waals surface area contributed by atoms with Crippen molar-refractivity contribution in [2.45, 2.75) is 6.54 Å². The molecule has 0 aromatic heterocycles. The smallest absolute Gasteiger partial charge is 0.337 e. The number of hydrogen-bond donors (Lipinski definition) is 2. The van der Waals surface area contributed by atoms with E-state index in [4.69, 9.17) is 4.74 Å². The number of carbonyl (C=O) groups excluding carboxylic acids is 1. The number of carboxylic acid groups (broad SMARTS) is 1. The van der Waals surface area contributed by atoms with Crippen molar-refractivity contribution >= 4 is 33.5 Å². The zero-order chi connectivity index (χ0) is 22.2. The lowest BCUT2D eigenvalue weighted by atomic mass is 10.1. The van der Waals surface area contributed by atoms with Gasteiger partial charge in [0.05, 0.1) is 11.3 Å². The van der Waals surface area contributed by atoms with Crippen molar-refractivity contribution in [2.75, 3.05) is 25.5 Å². The second-order valence-corrected chi connectivity index (χ2v) is 7.96. The van der Waals surface area contributed by atoms with Crippen LogP contribution in [0.2, 0.25) is 0 Å². The van der Waals surface area contributed by atoms with Crippen molar-refractivity contribution in [2.24, 2.45) is 0 Å². The van der Waals surface area contributed by atoms with Crippen molar-refractivity contribution in [1.82, 2.24) is 4.90 Å². The minimum Gasteiger partial charge on any atom is -0.492 e. The van der Waals surface area contributed by atoms with Gasteiger partial charge in [0.25, 0.3) is 5.91 Å². The Bertz CT molecular complexity index is 1040. The van der Waals surface area contributed by atoms with Crippen LogP contribution in [0, 0.1) is 0 Å². The molecule has 160 valence electrons. The number of benzene rings is 3. The van der Waals surface area contributed by atoms with Crippen molar-refractivity contribution in [1.29, 1.82) is 0 Å². The highest BCUT2D eigenvalue weighted by Crippen LogP contribution is 2.22. The molecule has 0 aliphatic heterocycles. The molecule has 0 fully saturated rings. The van der Waals surface area contributed by atoms with Crippen LogP contribution in [0.3, 0.4) is 0 Å². The van der Waals surface area contributed by atoms with E-state index in [9.17, 15) is 14.7 Å². The van der Waals surface area contributed by atoms with E-state index in [1.165, 1.54) is 11.6 Å². The van der Waals surface area contributed by atoms with Crippen molar-refractivity contribution in [3.05, 3.63) is 94.0 Å². The van der Waals surface area contributed by atoms with Gasteiger partial charge < -0.3 is 15.2 Å². The first-order valence-corrected chi connectivity index (χ1v) is 10.5. The van der Waals surface area contributed by atoms with E-state index in [2.05, 4.69) is 38.3 Å². The Labute approximate surface area is 189 Å². The molecule has 0 atom stereocenters. The molecular formula is C24H23BrN2O4. The number of anilines is 1. The Hall–Kier alpha value is -3.16. The molecule has 6 nitrogen and oxygen atoms in total. The van der Waals surface area contributed by atoms with Crippen LogP contribution in [0.15, 0.2) is 77.3 Å². The Kier molecular flexibility index (Phi) is 7.81. The maximum Gasteiger partial charge on any atom is 0.337 e. The van der Waals surface area contributed by atoms with Gasteiger partial charge in [-0.25, -0.2) is 4.79 Å². The van der Waals surface area contributed by atoms with Gasteiger partial charge in [0, 0.05) is 23.1 Å². The van der Waals surface area contributed by atoms with Crippen LogP contribution in [0.4, 0.5) is 5.69 Å². The van der Waals surface area contributed by atoms with Crippen LogP contribution < -0.4 is 10.1 Å². The summed E-state index contributed by atoms with van der Waals surface area (Å²) in [5.74, 6) is -0.837. The molecule has 0 aliphatic rings. The summed E-state index contributed by atoms with van der Waals surface area (Å²) < 4.78 is 6.40. The monoisotopic (exact) mass is 482 g/mol. The average Bonchev–Trinajstić information content (AvgIpc) is 2.76. The van der Waals surface area contributed by atoms with Gasteiger partial charge >= 0.3 is 5.97 Å². The standard InChI is InChI=1S/C24H23BrN2O4/c1-27(16-17-5-3-2-4-6-17)13-14-31-20-10-7-18(8-11-20)23(28)26-22-12-9-19(25)15-21(22)24(29)30/h2-12,15H,13-14,16H2,1H3,(H,26,28)(H,29,30). The molecule has 0 radical (unpaired) electrons. The molecule has 0 saturated heterocycles. The molecule has 3 aromatic carbocycles. The van der Waals surface area contributed by atoms with Gasteiger partial charge in [0.2, 0.25) is 0 Å². The third-order valence-electron chi connectivity index (χ3n) is 4.61. The van der Waals surface area contributed by atoms with E-state index in [-0.39, 0.29) is 17.2 Å². The highest BCUT2D eigenvalue weighted by molar-refractivity contribution is 9.10. The molecule has 0 spiro atoms. The molecule has 31 heavy (non-hydrogen) atoms. The predicted molar refractivity (Wildman–Crippen MR) is 124 cm³/mol. The molecule has 0 unspecified atom stereocenters. The van der Waals surface area contributed by atoms with Gasteiger partial charge in [-0.2, -0.15) is 0 Å². The van der Waals surface area contributed by atoms with E-state index < -0.39 is 5.97 Å². The Morgan fingerprint density at radius 2 is 1.74 bits per heavy atom. The number of carbonyl (C=O) groups is 2. The molecule has 7 heteroatoms. The molecule has 0 aliphatic carbocycles. The van der Waals surface area contributed by atoms with Gasteiger partial charge in [-0.1, -0.05) is 46.3 Å². The number of nitrogens with one attached hydrogen (secondary N) is 1. The molecule has 3 aromatic rings. The molecule has 0 heterocycles. The summed E-state index contributed by atoms with van der Waals surface area (Å²) in [5.41, 5.74) is 1.91. The fourth-order valence-electron chi connectivity index (χ4n) is 2.99. The number of carboxylic acids is 1. The molecule has 2 N–H and O–H groups in total. The van der Waals surface area contributed by atoms with Crippen molar-refractivity contribution < 1.29 is 19.4 Å². The number of halogens is 1. The van der Waals surface area contributed by atoms with Crippen LogP contribution in [0.5, 0.6) is 5.75 Å². The zero-order valence-electron chi connectivity index (χ0n) is 17.0. The first kappa shape index (κ1) is 22.5. The lowest BCUT2D eigenvalue weighted by Crippen LogP contribution is -2.23. The summed E-state index contributed by atoms with van der Waals surface area (Å²) >= 11 is 3.24. The van der Waals surface area contributed by atoms with Crippen molar-refractivity contribution in [3.8, 4) is 5.75 Å². The zero-order valence-corrected chi connectivity index (χ0v) is 18.6. The average molecular weight is 483 g/mol. The topological polar surface area (TPSA) is 78.9 Å². The minimum absolute atomic E-state index is 0.0160. The van der Waals surface area contributed by atoms with Crippen LogP contribution in [0.25, 0.3) is 0 Å². The molecule has 0 saturated carbocycles. The molecule has 0 bridgehead atoms. The number of hydrogen-bond acceptors (Lipinski definition) is 4. The number of ether oxygens (including phenoxy) is 1.